The molecule has 0 radical (unpaired) electrons. The van der Waals surface area contributed by atoms with Crippen molar-refractivity contribution in [3.05, 3.63) is 83.9 Å². The molecule has 36 heavy (non-hydrogen) atoms. The molecular formula is C26H28N6O4. The molecule has 2 aromatic carbocycles. The Balaban J connectivity index is 1.43. The largest absolute Gasteiger partial charge is 0.366 e. The van der Waals surface area contributed by atoms with Crippen LogP contribution in [-0.4, -0.2) is 74.9 Å². The normalized spacial score (nSPS) is 23.1. The zero-order chi connectivity index (χ0) is 25.4. The van der Waals surface area contributed by atoms with E-state index in [-0.39, 0.29) is 43.5 Å². The van der Waals surface area contributed by atoms with Crippen molar-refractivity contribution in [1.82, 2.24) is 25.1 Å². The van der Waals surface area contributed by atoms with Gasteiger partial charge < -0.3 is 20.9 Å². The molecule has 1 aliphatic carbocycles. The number of nitrogens with two attached hydrogens (primary N) is 1. The van der Waals surface area contributed by atoms with Gasteiger partial charge in [-0.3, -0.25) is 14.4 Å². The minimum absolute atomic E-state index is 0.0207. The van der Waals surface area contributed by atoms with Crippen molar-refractivity contribution in [3.8, 4) is 0 Å². The van der Waals surface area contributed by atoms with Crippen LogP contribution in [0.3, 0.4) is 0 Å². The third-order valence-electron chi connectivity index (χ3n) is 6.98. The van der Waals surface area contributed by atoms with Gasteiger partial charge in [0, 0.05) is 31.6 Å². The topological polar surface area (TPSA) is 119 Å². The van der Waals surface area contributed by atoms with E-state index >= 15 is 0 Å². The summed E-state index contributed by atoms with van der Waals surface area (Å²) in [5, 5.41) is 6.26. The van der Waals surface area contributed by atoms with Crippen molar-refractivity contribution in [2.75, 3.05) is 19.6 Å². The lowest BCUT2D eigenvalue weighted by Crippen LogP contribution is -2.74. The van der Waals surface area contributed by atoms with Gasteiger partial charge in [0.2, 0.25) is 17.7 Å². The fourth-order valence-electron chi connectivity index (χ4n) is 5.28. The highest BCUT2D eigenvalue weighted by Gasteiger charge is 2.73. The first-order chi connectivity index (χ1) is 17.3. The zero-order valence-corrected chi connectivity index (χ0v) is 19.8. The van der Waals surface area contributed by atoms with E-state index in [0.717, 1.165) is 11.1 Å². The third-order valence-corrected chi connectivity index (χ3v) is 6.98. The monoisotopic (exact) mass is 488 g/mol. The molecule has 2 atom stereocenters. The average molecular weight is 489 g/mol. The first-order valence-corrected chi connectivity index (χ1v) is 11.8. The number of hydrazine groups is 1. The number of piperazine rings is 1. The minimum atomic E-state index is -0.964. The lowest BCUT2D eigenvalue weighted by molar-refractivity contribution is -0.185. The standard InChI is InChI=1S/C26H28N6O4/c1-2-11-29-16-23(34)31-17-22(33)30(15-19-9-6-10-20(12-19)24(27)35)21-13-26(21,31)32(29)25(36)28-14-18-7-4-3-5-8-18/h2-10,12,21H,1,11,13-17H2,(H2,27,35)(H,28,36)/t21-,26?/m1/s1. The summed E-state index contributed by atoms with van der Waals surface area (Å²) in [6, 6.07) is 15.7. The van der Waals surface area contributed by atoms with Crippen LogP contribution in [0.5, 0.6) is 0 Å². The van der Waals surface area contributed by atoms with Gasteiger partial charge in [-0.15, -0.1) is 6.58 Å². The van der Waals surface area contributed by atoms with Crippen LogP contribution >= 0.6 is 0 Å². The maximum absolute atomic E-state index is 13.6. The second-order valence-electron chi connectivity index (χ2n) is 9.26. The fraction of sp³-hybridized carbons (Fsp3) is 0.308. The molecule has 10 heteroatoms. The van der Waals surface area contributed by atoms with Crippen molar-refractivity contribution in [2.24, 2.45) is 5.73 Å². The first-order valence-electron chi connectivity index (χ1n) is 11.8. The van der Waals surface area contributed by atoms with Crippen molar-refractivity contribution < 1.29 is 19.2 Å². The van der Waals surface area contributed by atoms with Gasteiger partial charge in [-0.2, -0.15) is 0 Å². The van der Waals surface area contributed by atoms with Crippen molar-refractivity contribution in [2.45, 2.75) is 31.2 Å². The van der Waals surface area contributed by atoms with Crippen LogP contribution < -0.4 is 11.1 Å². The smallest absolute Gasteiger partial charge is 0.334 e. The Morgan fingerprint density at radius 2 is 1.81 bits per heavy atom. The molecular weight excluding hydrogens is 460 g/mol. The van der Waals surface area contributed by atoms with Gasteiger partial charge >= 0.3 is 6.03 Å². The Kier molecular flexibility index (Phi) is 5.97. The molecule has 0 aromatic heterocycles. The highest BCUT2D eigenvalue weighted by molar-refractivity contribution is 5.93. The van der Waals surface area contributed by atoms with Gasteiger partial charge in [-0.05, 0) is 23.3 Å². The first kappa shape index (κ1) is 23.6. The summed E-state index contributed by atoms with van der Waals surface area (Å²) >= 11 is 0. The van der Waals surface area contributed by atoms with Gasteiger partial charge in [-0.25, -0.2) is 14.8 Å². The minimum Gasteiger partial charge on any atom is -0.366 e. The van der Waals surface area contributed by atoms with Gasteiger partial charge in [0.25, 0.3) is 0 Å². The van der Waals surface area contributed by atoms with E-state index in [1.165, 1.54) is 4.90 Å². The van der Waals surface area contributed by atoms with Crippen molar-refractivity contribution >= 4 is 23.8 Å². The summed E-state index contributed by atoms with van der Waals surface area (Å²) in [5.74, 6) is -0.946. The lowest BCUT2D eigenvalue weighted by atomic mass is 10.1. The predicted octanol–water partition coefficient (Wildman–Crippen LogP) is 1.05. The maximum Gasteiger partial charge on any atom is 0.334 e. The molecule has 10 nitrogen and oxygen atoms in total. The zero-order valence-electron chi connectivity index (χ0n) is 19.8. The molecule has 3 aliphatic rings. The summed E-state index contributed by atoms with van der Waals surface area (Å²) in [7, 11) is 0. The average Bonchev–Trinajstić information content (AvgIpc) is 3.60. The second kappa shape index (κ2) is 9.12. The number of rotatable bonds is 7. The SMILES string of the molecule is C=CCN1CC(=O)N2CC(=O)N(Cc3cccc(C(N)=O)c3)[C@@H]3CC32N1C(=O)NCc1ccccc1. The van der Waals surface area contributed by atoms with E-state index < -0.39 is 11.6 Å². The molecule has 0 bridgehead atoms. The van der Waals surface area contributed by atoms with Gasteiger partial charge in [-0.1, -0.05) is 48.5 Å². The Morgan fingerprint density at radius 3 is 2.53 bits per heavy atom. The number of hydrogen-bond acceptors (Lipinski definition) is 5. The Labute approximate surface area is 208 Å². The molecule has 3 N–H and O–H groups in total. The summed E-state index contributed by atoms with van der Waals surface area (Å²) in [4.78, 5) is 54.6. The molecule has 2 aromatic rings. The molecule has 1 saturated carbocycles. The Morgan fingerprint density at radius 1 is 1.06 bits per heavy atom. The van der Waals surface area contributed by atoms with Crippen LogP contribution in [-0.2, 0) is 22.7 Å². The van der Waals surface area contributed by atoms with E-state index in [4.69, 9.17) is 5.73 Å². The number of amides is 5. The van der Waals surface area contributed by atoms with Crippen LogP contribution in [0.4, 0.5) is 4.79 Å². The van der Waals surface area contributed by atoms with Gasteiger partial charge in [0.05, 0.1) is 12.6 Å². The van der Waals surface area contributed by atoms with Crippen LogP contribution in [0.15, 0.2) is 67.3 Å². The van der Waals surface area contributed by atoms with Crippen LogP contribution in [0.2, 0.25) is 0 Å². The molecule has 186 valence electrons. The van der Waals surface area contributed by atoms with E-state index in [9.17, 15) is 19.2 Å². The summed E-state index contributed by atoms with van der Waals surface area (Å²) in [6.45, 7) is 4.53. The van der Waals surface area contributed by atoms with Crippen molar-refractivity contribution in [3.63, 3.8) is 0 Å². The quantitative estimate of drug-likeness (QED) is 0.565. The van der Waals surface area contributed by atoms with Crippen molar-refractivity contribution in [1.29, 1.82) is 0 Å². The predicted molar refractivity (Wildman–Crippen MR) is 131 cm³/mol. The number of primary amides is 1. The molecule has 1 unspecified atom stereocenters. The molecule has 5 rings (SSSR count). The fourth-order valence-corrected chi connectivity index (χ4v) is 5.28. The molecule has 3 fully saturated rings. The Hall–Kier alpha value is -4.18. The van der Waals surface area contributed by atoms with Crippen LogP contribution in [0.1, 0.15) is 27.9 Å². The number of urea groups is 1. The molecule has 1 spiro atoms. The second-order valence-corrected chi connectivity index (χ2v) is 9.26. The van der Waals surface area contributed by atoms with E-state index in [1.807, 2.05) is 36.4 Å². The highest BCUT2D eigenvalue weighted by Crippen LogP contribution is 2.53. The van der Waals surface area contributed by atoms with Gasteiger partial charge in [0.1, 0.15) is 6.54 Å². The van der Waals surface area contributed by atoms with Crippen LogP contribution in [0, 0.1) is 0 Å². The number of benzene rings is 2. The van der Waals surface area contributed by atoms with Gasteiger partial charge in [0.15, 0.2) is 5.66 Å². The maximum atomic E-state index is 13.6. The molecule has 5 amide bonds. The Bertz CT molecular complexity index is 1230. The molecule has 2 heterocycles. The van der Waals surface area contributed by atoms with E-state index in [0.29, 0.717) is 25.1 Å². The number of hydrogen-bond donors (Lipinski definition) is 2. The lowest BCUT2D eigenvalue weighted by Gasteiger charge is -2.52. The van der Waals surface area contributed by atoms with E-state index in [1.54, 1.807) is 39.2 Å². The number of carbonyl (C=O) groups excluding carboxylic acids is 4. The number of nitrogens with one attached hydrogen (secondary N) is 1. The van der Waals surface area contributed by atoms with E-state index in [2.05, 4.69) is 11.9 Å². The highest BCUT2D eigenvalue weighted by atomic mass is 16.2. The van der Waals surface area contributed by atoms with Crippen LogP contribution in [0.25, 0.3) is 0 Å². The third kappa shape index (κ3) is 3.99. The molecule has 2 saturated heterocycles. The number of carbonyl (C=O) groups is 4. The summed E-state index contributed by atoms with van der Waals surface area (Å²) in [5.41, 5.74) is 6.51. The number of nitrogens with zero attached hydrogens (tertiary/aromatic N) is 4. The summed E-state index contributed by atoms with van der Waals surface area (Å²) < 4.78 is 0. The molecule has 2 aliphatic heterocycles. The summed E-state index contributed by atoms with van der Waals surface area (Å²) in [6.07, 6.45) is 2.09.